The van der Waals surface area contributed by atoms with Crippen molar-refractivity contribution in [3.8, 4) is 0 Å². The molecule has 0 heterocycles. The predicted octanol–water partition coefficient (Wildman–Crippen LogP) is 4.97. The Balaban J connectivity index is 2.79. The van der Waals surface area contributed by atoms with Crippen LogP contribution in [0.5, 0.6) is 0 Å². The third-order valence-electron chi connectivity index (χ3n) is 4.03. The molecule has 15 heavy (non-hydrogen) atoms. The first kappa shape index (κ1) is 12.5. The molecule has 0 saturated heterocycles. The fraction of sp³-hybridized carbons (Fsp3) is 0.733. The lowest BCUT2D eigenvalue weighted by Gasteiger charge is -2.38. The Bertz CT molecular complexity index is 208. The highest BCUT2D eigenvalue weighted by Crippen LogP contribution is 2.45. The van der Waals surface area contributed by atoms with Gasteiger partial charge in [0, 0.05) is 5.41 Å². The smallest absolute Gasteiger partial charge is 0.0118 e. The molecule has 1 rings (SSSR count). The second kappa shape index (κ2) is 5.53. The minimum absolute atomic E-state index is 0.353. The van der Waals surface area contributed by atoms with Crippen LogP contribution in [-0.4, -0.2) is 0 Å². The summed E-state index contributed by atoms with van der Waals surface area (Å²) in [6.45, 7) is 9.40. The van der Waals surface area contributed by atoms with Gasteiger partial charge in [-0.25, -0.2) is 0 Å². The molecule has 1 aliphatic carbocycles. The zero-order chi connectivity index (χ0) is 11.3. The van der Waals surface area contributed by atoms with Gasteiger partial charge in [-0.05, 0) is 24.7 Å². The number of allylic oxidation sites excluding steroid dienone is 4. The van der Waals surface area contributed by atoms with Crippen molar-refractivity contribution < 1.29 is 0 Å². The largest absolute Gasteiger partial charge is 0.0740 e. The summed E-state index contributed by atoms with van der Waals surface area (Å²) in [5, 5.41) is 0. The Morgan fingerprint density at radius 2 is 1.27 bits per heavy atom. The minimum atomic E-state index is 0.353. The molecule has 0 saturated carbocycles. The highest BCUT2D eigenvalue weighted by Gasteiger charge is 2.36. The van der Waals surface area contributed by atoms with Crippen LogP contribution in [0.3, 0.4) is 0 Å². The SMILES string of the molecule is CCCC(C)C1(C(C)CCC)C=CC=C1. The van der Waals surface area contributed by atoms with E-state index >= 15 is 0 Å². The molecule has 2 atom stereocenters. The molecule has 0 aromatic carbocycles. The molecule has 2 unspecified atom stereocenters. The van der Waals surface area contributed by atoms with Gasteiger partial charge in [0.15, 0.2) is 0 Å². The molecule has 0 nitrogen and oxygen atoms in total. The van der Waals surface area contributed by atoms with E-state index in [0.29, 0.717) is 5.41 Å². The van der Waals surface area contributed by atoms with Gasteiger partial charge in [-0.1, -0.05) is 64.8 Å². The van der Waals surface area contributed by atoms with Gasteiger partial charge >= 0.3 is 0 Å². The summed E-state index contributed by atoms with van der Waals surface area (Å²) < 4.78 is 0. The Morgan fingerprint density at radius 1 is 0.867 bits per heavy atom. The number of hydrogen-bond donors (Lipinski definition) is 0. The molecular formula is C15H26. The van der Waals surface area contributed by atoms with Gasteiger partial charge in [0.1, 0.15) is 0 Å². The van der Waals surface area contributed by atoms with E-state index in [9.17, 15) is 0 Å². The van der Waals surface area contributed by atoms with Crippen LogP contribution < -0.4 is 0 Å². The van der Waals surface area contributed by atoms with Gasteiger partial charge in [-0.15, -0.1) is 0 Å². The van der Waals surface area contributed by atoms with Crippen LogP contribution in [0.15, 0.2) is 24.3 Å². The van der Waals surface area contributed by atoms with Crippen molar-refractivity contribution in [2.45, 2.75) is 53.4 Å². The van der Waals surface area contributed by atoms with Crippen LogP contribution in [0.4, 0.5) is 0 Å². The number of rotatable bonds is 6. The van der Waals surface area contributed by atoms with E-state index in [-0.39, 0.29) is 0 Å². The lowest BCUT2D eigenvalue weighted by Crippen LogP contribution is -2.30. The maximum absolute atomic E-state index is 2.44. The predicted molar refractivity (Wildman–Crippen MR) is 68.9 cm³/mol. The molecular weight excluding hydrogens is 180 g/mol. The van der Waals surface area contributed by atoms with Crippen LogP contribution in [0, 0.1) is 17.3 Å². The molecule has 0 fully saturated rings. The molecule has 86 valence electrons. The lowest BCUT2D eigenvalue weighted by molar-refractivity contribution is 0.197. The van der Waals surface area contributed by atoms with Gasteiger partial charge in [0.2, 0.25) is 0 Å². The molecule has 0 amide bonds. The normalized spacial score (nSPS) is 21.9. The standard InChI is InChI=1S/C15H26/c1-5-9-13(3)15(11-7-8-12-15)14(4)10-6-2/h7-8,11-14H,5-6,9-10H2,1-4H3. The average Bonchev–Trinajstić information content (AvgIpc) is 2.68. The summed E-state index contributed by atoms with van der Waals surface area (Å²) in [7, 11) is 0. The van der Waals surface area contributed by atoms with E-state index in [4.69, 9.17) is 0 Å². The molecule has 0 radical (unpaired) electrons. The van der Waals surface area contributed by atoms with Crippen LogP contribution >= 0.6 is 0 Å². The van der Waals surface area contributed by atoms with Crippen LogP contribution in [0.25, 0.3) is 0 Å². The maximum atomic E-state index is 2.44. The van der Waals surface area contributed by atoms with Crippen molar-refractivity contribution in [3.05, 3.63) is 24.3 Å². The van der Waals surface area contributed by atoms with Crippen molar-refractivity contribution in [1.82, 2.24) is 0 Å². The zero-order valence-electron chi connectivity index (χ0n) is 10.8. The minimum Gasteiger partial charge on any atom is -0.0740 e. The second-order valence-electron chi connectivity index (χ2n) is 5.10. The fourth-order valence-corrected chi connectivity index (χ4v) is 3.01. The Kier molecular flexibility index (Phi) is 4.63. The third kappa shape index (κ3) is 2.53. The molecule has 0 N–H and O–H groups in total. The number of hydrogen-bond acceptors (Lipinski definition) is 0. The monoisotopic (exact) mass is 206 g/mol. The lowest BCUT2D eigenvalue weighted by atomic mass is 9.66. The Morgan fingerprint density at radius 3 is 1.60 bits per heavy atom. The van der Waals surface area contributed by atoms with Crippen molar-refractivity contribution in [3.63, 3.8) is 0 Å². The van der Waals surface area contributed by atoms with E-state index in [2.05, 4.69) is 52.0 Å². The maximum Gasteiger partial charge on any atom is 0.0118 e. The first-order chi connectivity index (χ1) is 7.17. The molecule has 1 aliphatic rings. The highest BCUT2D eigenvalue weighted by atomic mass is 14.4. The van der Waals surface area contributed by atoms with E-state index in [1.54, 1.807) is 0 Å². The summed E-state index contributed by atoms with van der Waals surface area (Å²) in [4.78, 5) is 0. The topological polar surface area (TPSA) is 0 Å². The first-order valence-electron chi connectivity index (χ1n) is 6.54. The summed E-state index contributed by atoms with van der Waals surface area (Å²) >= 11 is 0. The van der Waals surface area contributed by atoms with Crippen molar-refractivity contribution >= 4 is 0 Å². The quantitative estimate of drug-likeness (QED) is 0.575. The van der Waals surface area contributed by atoms with E-state index in [1.807, 2.05) is 0 Å². The molecule has 0 aromatic heterocycles. The third-order valence-corrected chi connectivity index (χ3v) is 4.03. The van der Waals surface area contributed by atoms with Gasteiger partial charge < -0.3 is 0 Å². The summed E-state index contributed by atoms with van der Waals surface area (Å²) in [6.07, 6.45) is 14.6. The van der Waals surface area contributed by atoms with Gasteiger partial charge in [0.05, 0.1) is 0 Å². The first-order valence-corrected chi connectivity index (χ1v) is 6.54. The van der Waals surface area contributed by atoms with E-state index in [1.165, 1.54) is 25.7 Å². The molecule has 0 spiro atoms. The van der Waals surface area contributed by atoms with Crippen LogP contribution in [0.2, 0.25) is 0 Å². The van der Waals surface area contributed by atoms with Crippen LogP contribution in [0.1, 0.15) is 53.4 Å². The fourth-order valence-electron chi connectivity index (χ4n) is 3.01. The van der Waals surface area contributed by atoms with Gasteiger partial charge in [-0.2, -0.15) is 0 Å². The van der Waals surface area contributed by atoms with Gasteiger partial charge in [0.25, 0.3) is 0 Å². The summed E-state index contributed by atoms with van der Waals surface area (Å²) in [5.74, 6) is 1.55. The van der Waals surface area contributed by atoms with Gasteiger partial charge in [-0.3, -0.25) is 0 Å². The van der Waals surface area contributed by atoms with E-state index in [0.717, 1.165) is 11.8 Å². The van der Waals surface area contributed by atoms with Crippen molar-refractivity contribution in [2.75, 3.05) is 0 Å². The van der Waals surface area contributed by atoms with Crippen molar-refractivity contribution in [1.29, 1.82) is 0 Å². The van der Waals surface area contributed by atoms with Crippen LogP contribution in [-0.2, 0) is 0 Å². The molecule has 0 aromatic rings. The highest BCUT2D eigenvalue weighted by molar-refractivity contribution is 5.27. The summed E-state index contributed by atoms with van der Waals surface area (Å²) in [5.41, 5.74) is 0.353. The van der Waals surface area contributed by atoms with Crippen molar-refractivity contribution in [2.24, 2.45) is 17.3 Å². The zero-order valence-corrected chi connectivity index (χ0v) is 10.8. The Labute approximate surface area is 95.5 Å². The molecule has 0 heteroatoms. The summed E-state index contributed by atoms with van der Waals surface area (Å²) in [6, 6.07) is 0. The second-order valence-corrected chi connectivity index (χ2v) is 5.10. The molecule has 0 aliphatic heterocycles. The average molecular weight is 206 g/mol. The van der Waals surface area contributed by atoms with E-state index < -0.39 is 0 Å². The molecule has 0 bridgehead atoms. The Hall–Kier alpha value is -0.520.